The number of hydrogen-bond donors (Lipinski definition) is 2. The molecule has 1 aliphatic heterocycles. The van der Waals surface area contributed by atoms with Gasteiger partial charge in [0.2, 0.25) is 5.95 Å². The summed E-state index contributed by atoms with van der Waals surface area (Å²) in [7, 11) is 1.44. The monoisotopic (exact) mass is 368 g/mol. The summed E-state index contributed by atoms with van der Waals surface area (Å²) in [6.07, 6.45) is 1.72. The Morgan fingerprint density at radius 1 is 1.19 bits per heavy atom. The highest BCUT2D eigenvalue weighted by Gasteiger charge is 2.35. The average molecular weight is 368 g/mol. The Morgan fingerprint density at radius 3 is 2.70 bits per heavy atom. The fraction of sp³-hybridized carbons (Fsp3) is 0.316. The molecule has 2 N–H and O–H groups in total. The van der Waals surface area contributed by atoms with Gasteiger partial charge in [-0.3, -0.25) is 5.10 Å². The first-order valence-electron chi connectivity index (χ1n) is 8.68. The number of hydrogen-bond acceptors (Lipinski definition) is 6. The van der Waals surface area contributed by atoms with Crippen molar-refractivity contribution in [2.45, 2.75) is 13.8 Å². The molecule has 1 aliphatic rings. The van der Waals surface area contributed by atoms with Gasteiger partial charge < -0.3 is 15.0 Å². The molecule has 0 radical (unpaired) electrons. The Kier molecular flexibility index (Phi) is 4.18. The Labute approximate surface area is 156 Å². The van der Waals surface area contributed by atoms with Crippen molar-refractivity contribution < 1.29 is 9.13 Å². The molecule has 3 aromatic rings. The van der Waals surface area contributed by atoms with Gasteiger partial charge in [0.1, 0.15) is 5.82 Å². The van der Waals surface area contributed by atoms with E-state index in [2.05, 4.69) is 44.2 Å². The van der Waals surface area contributed by atoms with E-state index >= 15 is 0 Å². The number of halogens is 1. The fourth-order valence-corrected chi connectivity index (χ4v) is 3.20. The van der Waals surface area contributed by atoms with Crippen molar-refractivity contribution in [2.75, 3.05) is 30.4 Å². The minimum Gasteiger partial charge on any atom is -0.494 e. The second-order valence-corrected chi connectivity index (χ2v) is 7.40. The summed E-state index contributed by atoms with van der Waals surface area (Å²) in [5, 5.41) is 10.3. The second kappa shape index (κ2) is 6.53. The average Bonchev–Trinajstić information content (AvgIpc) is 3.08. The van der Waals surface area contributed by atoms with Crippen molar-refractivity contribution in [1.82, 2.24) is 20.2 Å². The van der Waals surface area contributed by atoms with Gasteiger partial charge in [0, 0.05) is 30.9 Å². The molecule has 0 amide bonds. The molecule has 4 rings (SSSR count). The minimum absolute atomic E-state index is 0.208. The molecule has 0 bridgehead atoms. The van der Waals surface area contributed by atoms with Crippen molar-refractivity contribution in [3.05, 3.63) is 42.3 Å². The topological polar surface area (TPSA) is 79.0 Å². The van der Waals surface area contributed by atoms with E-state index in [9.17, 15) is 4.39 Å². The lowest BCUT2D eigenvalue weighted by atomic mass is 9.85. The van der Waals surface area contributed by atoms with Crippen LogP contribution in [0.4, 0.5) is 22.0 Å². The lowest BCUT2D eigenvalue weighted by molar-refractivity contribution is 0.272. The van der Waals surface area contributed by atoms with E-state index < -0.39 is 5.82 Å². The molecule has 140 valence electrons. The van der Waals surface area contributed by atoms with Crippen molar-refractivity contribution in [3.63, 3.8) is 0 Å². The Morgan fingerprint density at radius 2 is 2.00 bits per heavy atom. The zero-order chi connectivity index (χ0) is 19.0. The van der Waals surface area contributed by atoms with Crippen LogP contribution in [0, 0.1) is 11.2 Å². The molecule has 3 heterocycles. The Hall–Kier alpha value is -3.16. The van der Waals surface area contributed by atoms with Gasteiger partial charge in [-0.15, -0.1) is 0 Å². The summed E-state index contributed by atoms with van der Waals surface area (Å²) in [5.74, 6) is 1.74. The summed E-state index contributed by atoms with van der Waals surface area (Å²) >= 11 is 0. The summed E-state index contributed by atoms with van der Waals surface area (Å²) in [4.78, 5) is 11.0. The first kappa shape index (κ1) is 17.3. The molecule has 1 fully saturated rings. The van der Waals surface area contributed by atoms with Gasteiger partial charge in [-0.25, -0.2) is 9.37 Å². The largest absolute Gasteiger partial charge is 0.494 e. The molecule has 2 aromatic heterocycles. The number of benzene rings is 1. The molecule has 7 nitrogen and oxygen atoms in total. The van der Waals surface area contributed by atoms with E-state index in [0.29, 0.717) is 34.3 Å². The quantitative estimate of drug-likeness (QED) is 0.716. The molecule has 1 saturated heterocycles. The van der Waals surface area contributed by atoms with Crippen LogP contribution >= 0.6 is 0 Å². The maximum Gasteiger partial charge on any atom is 0.227 e. The van der Waals surface area contributed by atoms with E-state index in [1.165, 1.54) is 13.2 Å². The summed E-state index contributed by atoms with van der Waals surface area (Å²) in [6, 6.07) is 8.35. The number of anilines is 3. The van der Waals surface area contributed by atoms with E-state index in [1.807, 2.05) is 0 Å². The molecule has 27 heavy (non-hydrogen) atoms. The molecule has 0 spiro atoms. The van der Waals surface area contributed by atoms with Crippen LogP contribution in [0.15, 0.2) is 36.5 Å². The first-order valence-corrected chi connectivity index (χ1v) is 8.68. The molecule has 1 aromatic carbocycles. The standard InChI is InChI=1S/C19H21FN6O/c1-19(2)10-26(11-19)18-21-7-6-16(23-18)22-17-9-14(24-25-17)12-4-5-15(27-3)13(20)8-12/h4-9H,10-11H2,1-3H3,(H2,21,22,23,24,25). The molecule has 0 saturated carbocycles. The van der Waals surface area contributed by atoms with Crippen LogP contribution in [-0.2, 0) is 0 Å². The predicted molar refractivity (Wildman–Crippen MR) is 102 cm³/mol. The number of methoxy groups -OCH3 is 1. The van der Waals surface area contributed by atoms with Gasteiger partial charge in [-0.1, -0.05) is 13.8 Å². The normalized spacial score (nSPS) is 15.3. The Bertz CT molecular complexity index is 962. The third kappa shape index (κ3) is 3.55. The van der Waals surface area contributed by atoms with Gasteiger partial charge in [0.15, 0.2) is 17.4 Å². The zero-order valence-electron chi connectivity index (χ0n) is 15.5. The smallest absolute Gasteiger partial charge is 0.227 e. The summed E-state index contributed by atoms with van der Waals surface area (Å²) < 4.78 is 18.9. The molecular weight excluding hydrogens is 347 g/mol. The number of aromatic amines is 1. The number of ether oxygens (including phenoxy) is 1. The van der Waals surface area contributed by atoms with Crippen LogP contribution in [-0.4, -0.2) is 40.4 Å². The van der Waals surface area contributed by atoms with Crippen molar-refractivity contribution >= 4 is 17.6 Å². The molecule has 8 heteroatoms. The maximum absolute atomic E-state index is 13.9. The highest BCUT2D eigenvalue weighted by Crippen LogP contribution is 2.32. The number of nitrogens with zero attached hydrogens (tertiary/aromatic N) is 4. The SMILES string of the molecule is COc1ccc(-c2cc(Nc3ccnc(N4CC(C)(C)C4)n3)n[nH]2)cc1F. The molecule has 0 aliphatic carbocycles. The minimum atomic E-state index is -0.419. The van der Waals surface area contributed by atoms with Crippen LogP contribution in [0.1, 0.15) is 13.8 Å². The van der Waals surface area contributed by atoms with Crippen LogP contribution in [0.3, 0.4) is 0 Å². The van der Waals surface area contributed by atoms with Crippen LogP contribution in [0.2, 0.25) is 0 Å². The third-order valence-electron chi connectivity index (χ3n) is 4.46. The lowest BCUT2D eigenvalue weighted by Crippen LogP contribution is -2.53. The maximum atomic E-state index is 13.9. The number of nitrogens with one attached hydrogen (secondary N) is 2. The van der Waals surface area contributed by atoms with E-state index in [-0.39, 0.29) is 5.75 Å². The summed E-state index contributed by atoms with van der Waals surface area (Å²) in [6.45, 7) is 6.32. The number of H-pyrrole nitrogens is 1. The molecule has 0 atom stereocenters. The zero-order valence-corrected chi connectivity index (χ0v) is 15.5. The van der Waals surface area contributed by atoms with Gasteiger partial charge in [-0.2, -0.15) is 10.1 Å². The number of rotatable bonds is 5. The van der Waals surface area contributed by atoms with E-state index in [1.54, 1.807) is 30.5 Å². The fourth-order valence-electron chi connectivity index (χ4n) is 3.20. The van der Waals surface area contributed by atoms with E-state index in [0.717, 1.165) is 13.1 Å². The van der Waals surface area contributed by atoms with Gasteiger partial charge >= 0.3 is 0 Å². The molecular formula is C19H21FN6O. The molecule has 0 unspecified atom stereocenters. The van der Waals surface area contributed by atoms with Crippen LogP contribution in [0.5, 0.6) is 5.75 Å². The Balaban J connectivity index is 1.49. The second-order valence-electron chi connectivity index (χ2n) is 7.40. The van der Waals surface area contributed by atoms with Gasteiger partial charge in [0.05, 0.1) is 12.8 Å². The third-order valence-corrected chi connectivity index (χ3v) is 4.46. The predicted octanol–water partition coefficient (Wildman–Crippen LogP) is 3.60. The van der Waals surface area contributed by atoms with Crippen molar-refractivity contribution in [1.29, 1.82) is 0 Å². The lowest BCUT2D eigenvalue weighted by Gasteiger charge is -2.45. The van der Waals surface area contributed by atoms with Gasteiger partial charge in [0.25, 0.3) is 0 Å². The van der Waals surface area contributed by atoms with Crippen molar-refractivity contribution in [3.8, 4) is 17.0 Å². The highest BCUT2D eigenvalue weighted by atomic mass is 19.1. The first-order chi connectivity index (χ1) is 12.9. The van der Waals surface area contributed by atoms with Crippen molar-refractivity contribution in [2.24, 2.45) is 5.41 Å². The van der Waals surface area contributed by atoms with Crippen LogP contribution in [0.25, 0.3) is 11.3 Å². The summed E-state index contributed by atoms with van der Waals surface area (Å²) in [5.41, 5.74) is 1.68. The highest BCUT2D eigenvalue weighted by molar-refractivity contribution is 5.66. The number of aromatic nitrogens is 4. The van der Waals surface area contributed by atoms with Crippen LogP contribution < -0.4 is 15.0 Å². The van der Waals surface area contributed by atoms with Gasteiger partial charge in [-0.05, 0) is 29.7 Å². The van der Waals surface area contributed by atoms with E-state index in [4.69, 9.17) is 4.74 Å².